The van der Waals surface area contributed by atoms with Crippen molar-refractivity contribution in [3.63, 3.8) is 0 Å². The van der Waals surface area contributed by atoms with Gasteiger partial charge in [-0.15, -0.1) is 0 Å². The molecule has 0 aromatic carbocycles. The van der Waals surface area contributed by atoms with Gasteiger partial charge < -0.3 is 5.32 Å². The maximum absolute atomic E-state index is 12.2. The van der Waals surface area contributed by atoms with Crippen LogP contribution in [-0.4, -0.2) is 50.1 Å². The molecule has 0 amide bonds. The van der Waals surface area contributed by atoms with Crippen LogP contribution in [0.15, 0.2) is 24.4 Å². The van der Waals surface area contributed by atoms with Gasteiger partial charge in [0.15, 0.2) is 0 Å². The van der Waals surface area contributed by atoms with Crippen molar-refractivity contribution in [3.05, 3.63) is 30.1 Å². The van der Waals surface area contributed by atoms with Gasteiger partial charge in [0.1, 0.15) is 0 Å². The fraction of sp³-hybridized carbons (Fsp3) is 0.615. The quantitative estimate of drug-likeness (QED) is 0.825. The van der Waals surface area contributed by atoms with Crippen LogP contribution in [0.4, 0.5) is 0 Å². The second-order valence-electron chi connectivity index (χ2n) is 4.96. The lowest BCUT2D eigenvalue weighted by Gasteiger charge is -2.16. The molecule has 6 heteroatoms. The van der Waals surface area contributed by atoms with E-state index in [-0.39, 0.29) is 5.75 Å². The summed E-state index contributed by atoms with van der Waals surface area (Å²) in [7, 11) is -1.24. The van der Waals surface area contributed by atoms with Crippen molar-refractivity contribution in [1.82, 2.24) is 14.6 Å². The van der Waals surface area contributed by atoms with Crippen LogP contribution in [-0.2, 0) is 16.4 Å². The Morgan fingerprint density at radius 2 is 2.32 bits per heavy atom. The Hall–Kier alpha value is -0.980. The molecule has 2 heterocycles. The fourth-order valence-electron chi connectivity index (χ4n) is 2.41. The van der Waals surface area contributed by atoms with E-state index in [1.54, 1.807) is 10.5 Å². The minimum atomic E-state index is -3.14. The van der Waals surface area contributed by atoms with Crippen LogP contribution in [0.25, 0.3) is 0 Å². The van der Waals surface area contributed by atoms with Gasteiger partial charge in [-0.25, -0.2) is 12.7 Å². The lowest BCUT2D eigenvalue weighted by Crippen LogP contribution is -2.32. The van der Waals surface area contributed by atoms with Crippen LogP contribution in [0.1, 0.15) is 12.1 Å². The Kier molecular flexibility index (Phi) is 4.90. The number of pyridine rings is 1. The average molecular weight is 283 g/mol. The Balaban J connectivity index is 1.89. The van der Waals surface area contributed by atoms with Crippen LogP contribution in [0, 0.1) is 5.92 Å². The number of hydrogen-bond donors (Lipinski definition) is 1. The molecule has 0 saturated carbocycles. The topological polar surface area (TPSA) is 62.3 Å². The highest BCUT2D eigenvalue weighted by Gasteiger charge is 2.30. The van der Waals surface area contributed by atoms with Gasteiger partial charge in [-0.3, -0.25) is 4.98 Å². The van der Waals surface area contributed by atoms with Crippen LogP contribution in [0.5, 0.6) is 0 Å². The Morgan fingerprint density at radius 1 is 1.47 bits per heavy atom. The predicted octanol–water partition coefficient (Wildman–Crippen LogP) is 0.495. The van der Waals surface area contributed by atoms with Crippen molar-refractivity contribution in [3.8, 4) is 0 Å². The summed E-state index contributed by atoms with van der Waals surface area (Å²) in [6.07, 6.45) is 3.13. The second kappa shape index (κ2) is 6.45. The lowest BCUT2D eigenvalue weighted by atomic mass is 10.1. The van der Waals surface area contributed by atoms with E-state index in [0.29, 0.717) is 25.4 Å². The summed E-state index contributed by atoms with van der Waals surface area (Å²) < 4.78 is 26.1. The monoisotopic (exact) mass is 283 g/mol. The van der Waals surface area contributed by atoms with Crippen molar-refractivity contribution >= 4 is 10.0 Å². The van der Waals surface area contributed by atoms with E-state index in [2.05, 4.69) is 10.3 Å². The molecule has 1 aromatic heterocycles. The lowest BCUT2D eigenvalue weighted by molar-refractivity contribution is 0.451. The molecule has 0 spiro atoms. The van der Waals surface area contributed by atoms with E-state index in [9.17, 15) is 8.42 Å². The van der Waals surface area contributed by atoms with E-state index in [4.69, 9.17) is 0 Å². The molecule has 19 heavy (non-hydrogen) atoms. The summed E-state index contributed by atoms with van der Waals surface area (Å²) in [4.78, 5) is 4.16. The number of sulfonamides is 1. The molecular formula is C13H21N3O2S. The highest BCUT2D eigenvalue weighted by molar-refractivity contribution is 7.89. The first-order valence-electron chi connectivity index (χ1n) is 6.64. The third-order valence-electron chi connectivity index (χ3n) is 3.48. The van der Waals surface area contributed by atoms with E-state index in [1.165, 1.54) is 0 Å². The normalized spacial score (nSPS) is 20.8. The minimum Gasteiger partial charge on any atom is -0.319 e. The molecule has 5 nitrogen and oxygen atoms in total. The summed E-state index contributed by atoms with van der Waals surface area (Å²) in [6.45, 7) is 2.18. The molecular weight excluding hydrogens is 262 g/mol. The van der Waals surface area contributed by atoms with Gasteiger partial charge in [0.05, 0.1) is 5.75 Å². The summed E-state index contributed by atoms with van der Waals surface area (Å²) in [5.74, 6) is 0.589. The van der Waals surface area contributed by atoms with Crippen molar-refractivity contribution < 1.29 is 8.42 Å². The van der Waals surface area contributed by atoms with Crippen molar-refractivity contribution in [2.75, 3.05) is 32.4 Å². The summed E-state index contributed by atoms with van der Waals surface area (Å²) in [5, 5.41) is 3.11. The standard InChI is InChI=1S/C13H21N3O2S/c1-14-10-12-5-8-16(11-12)19(17,18)9-6-13-4-2-3-7-15-13/h2-4,7,12,14H,5-6,8-11H2,1H3. The molecule has 1 aliphatic rings. The maximum Gasteiger partial charge on any atom is 0.214 e. The molecule has 1 N–H and O–H groups in total. The Morgan fingerprint density at radius 3 is 3.00 bits per heavy atom. The number of hydrogen-bond acceptors (Lipinski definition) is 4. The van der Waals surface area contributed by atoms with Gasteiger partial charge in [0.25, 0.3) is 0 Å². The average Bonchev–Trinajstić information content (AvgIpc) is 2.88. The molecule has 1 aromatic rings. The molecule has 1 unspecified atom stereocenters. The third-order valence-corrected chi connectivity index (χ3v) is 5.32. The highest BCUT2D eigenvalue weighted by atomic mass is 32.2. The van der Waals surface area contributed by atoms with Gasteiger partial charge in [-0.05, 0) is 38.1 Å². The smallest absolute Gasteiger partial charge is 0.214 e. The number of nitrogens with zero attached hydrogens (tertiary/aromatic N) is 2. The molecule has 1 atom stereocenters. The molecule has 0 bridgehead atoms. The maximum atomic E-state index is 12.2. The first kappa shape index (κ1) is 14.4. The van der Waals surface area contributed by atoms with E-state index >= 15 is 0 Å². The fourth-order valence-corrected chi connectivity index (χ4v) is 3.96. The zero-order valence-electron chi connectivity index (χ0n) is 11.2. The minimum absolute atomic E-state index is 0.149. The molecule has 1 saturated heterocycles. The first-order valence-corrected chi connectivity index (χ1v) is 8.25. The molecule has 106 valence electrons. The number of aryl methyl sites for hydroxylation is 1. The van der Waals surface area contributed by atoms with Crippen LogP contribution < -0.4 is 5.32 Å². The number of aromatic nitrogens is 1. The number of nitrogens with one attached hydrogen (secondary N) is 1. The molecule has 1 fully saturated rings. The zero-order chi connectivity index (χ0) is 13.7. The molecule has 0 aliphatic carbocycles. The third kappa shape index (κ3) is 3.99. The largest absolute Gasteiger partial charge is 0.319 e. The summed E-state index contributed by atoms with van der Waals surface area (Å²) in [6, 6.07) is 5.58. The molecule has 1 aliphatic heterocycles. The second-order valence-corrected chi connectivity index (χ2v) is 7.05. The SMILES string of the molecule is CNCC1CCN(S(=O)(=O)CCc2ccccn2)C1. The van der Waals surface area contributed by atoms with E-state index in [0.717, 1.165) is 18.7 Å². The Bertz CT molecular complexity index is 490. The molecule has 0 radical (unpaired) electrons. The van der Waals surface area contributed by atoms with Crippen LogP contribution >= 0.6 is 0 Å². The van der Waals surface area contributed by atoms with Crippen molar-refractivity contribution in [1.29, 1.82) is 0 Å². The van der Waals surface area contributed by atoms with Crippen LogP contribution in [0.2, 0.25) is 0 Å². The zero-order valence-corrected chi connectivity index (χ0v) is 12.1. The highest BCUT2D eigenvalue weighted by Crippen LogP contribution is 2.19. The van der Waals surface area contributed by atoms with E-state index < -0.39 is 10.0 Å². The summed E-state index contributed by atoms with van der Waals surface area (Å²) >= 11 is 0. The van der Waals surface area contributed by atoms with Crippen molar-refractivity contribution in [2.45, 2.75) is 12.8 Å². The van der Waals surface area contributed by atoms with Gasteiger partial charge in [-0.2, -0.15) is 0 Å². The van der Waals surface area contributed by atoms with E-state index in [1.807, 2.05) is 25.2 Å². The Labute approximate surface area is 115 Å². The molecule has 2 rings (SSSR count). The predicted molar refractivity (Wildman–Crippen MR) is 75.3 cm³/mol. The van der Waals surface area contributed by atoms with Gasteiger partial charge in [0.2, 0.25) is 10.0 Å². The van der Waals surface area contributed by atoms with Crippen molar-refractivity contribution in [2.24, 2.45) is 5.92 Å². The van der Waals surface area contributed by atoms with Gasteiger partial charge >= 0.3 is 0 Å². The van der Waals surface area contributed by atoms with Crippen LogP contribution in [0.3, 0.4) is 0 Å². The number of rotatable bonds is 6. The summed E-state index contributed by atoms with van der Waals surface area (Å²) in [5.41, 5.74) is 0.831. The first-order chi connectivity index (χ1) is 9.12. The van der Waals surface area contributed by atoms with Gasteiger partial charge in [0, 0.05) is 31.4 Å². The van der Waals surface area contributed by atoms with Gasteiger partial charge in [-0.1, -0.05) is 6.07 Å².